The number of hydrogen-bond acceptors (Lipinski definition) is 4. The van der Waals surface area contributed by atoms with Gasteiger partial charge in [0, 0.05) is 39.9 Å². The molecule has 2 aromatic heterocycles. The lowest BCUT2D eigenvalue weighted by Crippen LogP contribution is -2.47. The first-order chi connectivity index (χ1) is 19.6. The fourth-order valence-corrected chi connectivity index (χ4v) is 5.79. The van der Waals surface area contributed by atoms with Crippen molar-refractivity contribution in [2.45, 2.75) is 19.0 Å². The summed E-state index contributed by atoms with van der Waals surface area (Å²) >= 11 is 0. The molecular weight excluding hydrogens is 500 g/mol. The Morgan fingerprint density at radius 1 is 0.725 bits per heavy atom. The molecule has 7 rings (SSSR count). The fourth-order valence-electron chi connectivity index (χ4n) is 5.79. The Hall–Kier alpha value is -5.30. The maximum atomic E-state index is 14.0. The van der Waals surface area contributed by atoms with Crippen LogP contribution >= 0.6 is 0 Å². The molecule has 7 heteroatoms. The number of fused-ring (bicyclic) bond motifs is 5. The molecule has 0 bridgehead atoms. The Kier molecular flexibility index (Phi) is 5.63. The van der Waals surface area contributed by atoms with E-state index in [-0.39, 0.29) is 6.42 Å². The largest absolute Gasteiger partial charge is 0.340 e. The Bertz CT molecular complexity index is 1880. The van der Waals surface area contributed by atoms with Crippen LogP contribution in [0.1, 0.15) is 27.1 Å². The average molecular weight is 525 g/mol. The molecule has 0 aliphatic carbocycles. The van der Waals surface area contributed by atoms with E-state index in [0.717, 1.165) is 32.1 Å². The Balaban J connectivity index is 1.28. The molecule has 1 aliphatic rings. The highest BCUT2D eigenvalue weighted by Crippen LogP contribution is 2.31. The lowest BCUT2D eigenvalue weighted by atomic mass is 10.1. The molecule has 194 valence electrons. The van der Waals surface area contributed by atoms with Crippen molar-refractivity contribution >= 4 is 56.1 Å². The van der Waals surface area contributed by atoms with Gasteiger partial charge in [0.2, 0.25) is 5.91 Å². The summed E-state index contributed by atoms with van der Waals surface area (Å²) in [5.74, 6) is -1.36. The monoisotopic (exact) mass is 524 g/mol. The van der Waals surface area contributed by atoms with Crippen molar-refractivity contribution in [2.24, 2.45) is 0 Å². The second-order valence-corrected chi connectivity index (χ2v) is 9.89. The van der Waals surface area contributed by atoms with Gasteiger partial charge in [0.1, 0.15) is 6.04 Å². The van der Waals surface area contributed by atoms with Crippen LogP contribution < -0.4 is 5.32 Å². The molecule has 6 aromatic rings. The van der Waals surface area contributed by atoms with Gasteiger partial charge in [-0.15, -0.1) is 0 Å². The Morgan fingerprint density at radius 2 is 1.32 bits per heavy atom. The summed E-state index contributed by atoms with van der Waals surface area (Å²) in [5, 5.41) is 6.08. The lowest BCUT2D eigenvalue weighted by molar-refractivity contribution is -0.120. The molecule has 3 heterocycles. The number of nitrogens with zero attached hydrogens (tertiary/aromatic N) is 3. The number of hydrogen-bond donors (Lipinski definition) is 1. The highest BCUT2D eigenvalue weighted by molar-refractivity contribution is 6.23. The van der Waals surface area contributed by atoms with Gasteiger partial charge >= 0.3 is 0 Å². The SMILES string of the molecule is O=C(Nc1cccc2cccnc12)[C@H](CCn1c2ccccc2c2ccccc21)N1C(=O)c2ccccc2C1=O. The Morgan fingerprint density at radius 3 is 2.00 bits per heavy atom. The number of carbonyl (C=O) groups is 3. The molecule has 0 unspecified atom stereocenters. The normalized spacial score (nSPS) is 13.8. The van der Waals surface area contributed by atoms with Crippen LogP contribution in [0.5, 0.6) is 0 Å². The standard InChI is InChI=1S/C33H24N4O3/c38-31(35-26-15-7-9-21-10-8-19-34-30(21)26)29(37-32(39)24-13-1-2-14-25(24)33(37)40)18-20-36-27-16-5-3-11-22(27)23-12-4-6-17-28(23)36/h1-17,19,29H,18,20H2,(H,35,38)/t29-/m0/s1. The third-order valence-electron chi connectivity index (χ3n) is 7.64. The molecule has 3 amide bonds. The lowest BCUT2D eigenvalue weighted by Gasteiger charge is -2.26. The maximum absolute atomic E-state index is 14.0. The quantitative estimate of drug-likeness (QED) is 0.270. The third-order valence-corrected chi connectivity index (χ3v) is 7.64. The summed E-state index contributed by atoms with van der Waals surface area (Å²) in [4.78, 5) is 46.6. The first-order valence-electron chi connectivity index (χ1n) is 13.2. The van der Waals surface area contributed by atoms with Crippen LogP contribution in [0.4, 0.5) is 5.69 Å². The third kappa shape index (κ3) is 3.74. The number of aromatic nitrogens is 2. The zero-order valence-electron chi connectivity index (χ0n) is 21.5. The van der Waals surface area contributed by atoms with E-state index in [1.807, 2.05) is 60.7 Å². The minimum atomic E-state index is -1.04. The van der Waals surface area contributed by atoms with Gasteiger partial charge in [-0.1, -0.05) is 66.7 Å². The van der Waals surface area contributed by atoms with Crippen LogP contribution in [-0.4, -0.2) is 38.2 Å². The summed E-state index contributed by atoms with van der Waals surface area (Å²) < 4.78 is 2.16. The number of carbonyl (C=O) groups excluding carboxylic acids is 3. The van der Waals surface area contributed by atoms with Crippen LogP contribution in [0.15, 0.2) is 109 Å². The van der Waals surface area contributed by atoms with Gasteiger partial charge in [-0.3, -0.25) is 24.3 Å². The molecule has 1 N–H and O–H groups in total. The van der Waals surface area contributed by atoms with Crippen LogP contribution in [0.25, 0.3) is 32.7 Å². The van der Waals surface area contributed by atoms with Gasteiger partial charge in [-0.25, -0.2) is 0 Å². The van der Waals surface area contributed by atoms with E-state index in [2.05, 4.69) is 27.0 Å². The number of pyridine rings is 1. The summed E-state index contributed by atoms with van der Waals surface area (Å²) in [5.41, 5.74) is 3.86. The van der Waals surface area contributed by atoms with E-state index in [1.54, 1.807) is 36.5 Å². The van der Waals surface area contributed by atoms with Gasteiger partial charge in [-0.05, 0) is 42.8 Å². The summed E-state index contributed by atoms with van der Waals surface area (Å²) in [6, 6.07) is 31.2. The molecule has 40 heavy (non-hydrogen) atoms. The van der Waals surface area contributed by atoms with E-state index >= 15 is 0 Å². The number of para-hydroxylation sites is 3. The van der Waals surface area contributed by atoms with Crippen LogP contribution in [0.2, 0.25) is 0 Å². The first-order valence-corrected chi connectivity index (χ1v) is 13.2. The smallest absolute Gasteiger partial charge is 0.262 e. The van der Waals surface area contributed by atoms with Crippen molar-refractivity contribution in [1.29, 1.82) is 0 Å². The van der Waals surface area contributed by atoms with E-state index < -0.39 is 23.8 Å². The highest BCUT2D eigenvalue weighted by Gasteiger charge is 2.42. The first kappa shape index (κ1) is 23.8. The number of rotatable bonds is 6. The summed E-state index contributed by atoms with van der Waals surface area (Å²) in [6.45, 7) is 0.424. The molecule has 0 saturated carbocycles. The van der Waals surface area contributed by atoms with Crippen molar-refractivity contribution in [3.63, 3.8) is 0 Å². The molecule has 0 radical (unpaired) electrons. The predicted molar refractivity (Wildman–Crippen MR) is 155 cm³/mol. The second kappa shape index (κ2) is 9.47. The fraction of sp³-hybridized carbons (Fsp3) is 0.0909. The van der Waals surface area contributed by atoms with Gasteiger partial charge in [0.05, 0.1) is 22.3 Å². The van der Waals surface area contributed by atoms with Gasteiger partial charge in [0.15, 0.2) is 0 Å². The van der Waals surface area contributed by atoms with Gasteiger partial charge in [-0.2, -0.15) is 0 Å². The van der Waals surface area contributed by atoms with Crippen LogP contribution in [-0.2, 0) is 11.3 Å². The van der Waals surface area contributed by atoms with E-state index in [0.29, 0.717) is 28.9 Å². The molecule has 0 saturated heterocycles. The molecule has 1 atom stereocenters. The van der Waals surface area contributed by atoms with Crippen molar-refractivity contribution < 1.29 is 14.4 Å². The molecule has 1 aliphatic heterocycles. The van der Waals surface area contributed by atoms with Crippen molar-refractivity contribution in [3.05, 3.63) is 120 Å². The van der Waals surface area contributed by atoms with Crippen molar-refractivity contribution in [1.82, 2.24) is 14.5 Å². The predicted octanol–water partition coefficient (Wildman–Crippen LogP) is 6.04. The molecule has 7 nitrogen and oxygen atoms in total. The van der Waals surface area contributed by atoms with E-state index in [4.69, 9.17) is 0 Å². The molecule has 0 fully saturated rings. The van der Waals surface area contributed by atoms with Gasteiger partial charge in [0.25, 0.3) is 11.8 Å². The molecule has 0 spiro atoms. The number of benzene rings is 4. The zero-order chi connectivity index (χ0) is 27.2. The number of imide groups is 1. The average Bonchev–Trinajstić information content (AvgIpc) is 3.45. The number of nitrogens with one attached hydrogen (secondary N) is 1. The van der Waals surface area contributed by atoms with Crippen molar-refractivity contribution in [3.8, 4) is 0 Å². The Labute approximate surface area is 229 Å². The van der Waals surface area contributed by atoms with E-state index in [1.165, 1.54) is 0 Å². The topological polar surface area (TPSA) is 84.3 Å². The minimum Gasteiger partial charge on any atom is -0.340 e. The highest BCUT2D eigenvalue weighted by atomic mass is 16.2. The molecule has 4 aromatic carbocycles. The number of amides is 3. The van der Waals surface area contributed by atoms with Crippen LogP contribution in [0.3, 0.4) is 0 Å². The van der Waals surface area contributed by atoms with E-state index in [9.17, 15) is 14.4 Å². The zero-order valence-corrected chi connectivity index (χ0v) is 21.5. The molecular formula is C33H24N4O3. The number of aryl methyl sites for hydroxylation is 1. The summed E-state index contributed by atoms with van der Waals surface area (Å²) in [6.07, 6.45) is 1.90. The van der Waals surface area contributed by atoms with Gasteiger partial charge < -0.3 is 9.88 Å². The second-order valence-electron chi connectivity index (χ2n) is 9.89. The minimum absolute atomic E-state index is 0.234. The number of anilines is 1. The maximum Gasteiger partial charge on any atom is 0.262 e. The summed E-state index contributed by atoms with van der Waals surface area (Å²) in [7, 11) is 0. The van der Waals surface area contributed by atoms with Crippen LogP contribution in [0, 0.1) is 0 Å². The van der Waals surface area contributed by atoms with Crippen molar-refractivity contribution in [2.75, 3.05) is 5.32 Å².